The molecule has 2 unspecified atom stereocenters. The number of nitrogens with one attached hydrogen (secondary N) is 1. The van der Waals surface area contributed by atoms with Gasteiger partial charge in [0.2, 0.25) is 0 Å². The summed E-state index contributed by atoms with van der Waals surface area (Å²) in [6, 6.07) is 11.9. The number of nitrogens with zero attached hydrogens (tertiary/aromatic N) is 5. The third-order valence-corrected chi connectivity index (χ3v) is 15.8. The Bertz CT molecular complexity index is 2220. The van der Waals surface area contributed by atoms with Gasteiger partial charge in [0.25, 0.3) is 0 Å². The van der Waals surface area contributed by atoms with Crippen molar-refractivity contribution in [3.05, 3.63) is 83.2 Å². The molecule has 3 aromatic rings. The van der Waals surface area contributed by atoms with Crippen LogP contribution in [0.5, 0.6) is 0 Å². The van der Waals surface area contributed by atoms with E-state index in [1.54, 1.807) is 24.6 Å². The maximum Gasteiger partial charge on any atom is 0.189 e. The van der Waals surface area contributed by atoms with Crippen LogP contribution in [0.25, 0.3) is 21.5 Å². The standard InChI is InChI=1S/C46H63N9O3S/c1-29(39(48)53-41-51-35-13-8-9-14-36(35)59-41)32-12-10-18-55(40(32)49)37-16-15-33(38(52-37)31(3)56)34(22-47)30(2)50-28-44-23-42(4)25-45(26-43(5,24-44)46(42,45)27-44)58-21-19-54(6)17-11-20-57-7/h8-9,13-16,22,56H,3,10-12,17-21,23-28,47-49H2,1-2,4-7H3,(H,51,53)/b34-22+,39-29+,50-30?. The molecule has 3 heterocycles. The SMILES string of the molecule is C=C(O)c1nc(N2CCCC(/C(C)=C(\N)Nc3nc4ccccc4s3)=C2N)ccc1/C(=C/N)C(C)=NCC12CC3(C)CC4(OCCN(C)CCCOC)CC(C)(C1)C34C2. The van der Waals surface area contributed by atoms with Crippen molar-refractivity contribution in [2.24, 2.45) is 43.9 Å². The Hall–Kier alpha value is -4.43. The number of para-hydroxylation sites is 1. The number of nitrogens with two attached hydrogens (primary N) is 3. The number of ether oxygens (including phenoxy) is 2. The van der Waals surface area contributed by atoms with Crippen LogP contribution in [0, 0.1) is 21.7 Å². The van der Waals surface area contributed by atoms with Crippen LogP contribution in [0.15, 0.2) is 77.0 Å². The number of rotatable bonds is 17. The zero-order valence-electron chi connectivity index (χ0n) is 35.8. The summed E-state index contributed by atoms with van der Waals surface area (Å²) in [6.45, 7) is 17.8. The average molecular weight is 822 g/mol. The number of aliphatic imine (C=N–C) groups is 1. The third kappa shape index (κ3) is 6.63. The summed E-state index contributed by atoms with van der Waals surface area (Å²) in [4.78, 5) is 19.2. The summed E-state index contributed by atoms with van der Waals surface area (Å²) in [5.41, 5.74) is 26.0. The molecule has 316 valence electrons. The summed E-state index contributed by atoms with van der Waals surface area (Å²) in [5, 5.41) is 15.0. The summed E-state index contributed by atoms with van der Waals surface area (Å²) in [7, 11) is 3.94. The molecule has 13 heteroatoms. The van der Waals surface area contributed by atoms with Crippen molar-refractivity contribution < 1.29 is 14.6 Å². The Morgan fingerprint density at radius 1 is 1.07 bits per heavy atom. The van der Waals surface area contributed by atoms with Gasteiger partial charge in [-0.05, 0) is 124 Å². The summed E-state index contributed by atoms with van der Waals surface area (Å²) in [6.07, 6.45) is 10.0. The predicted octanol–water partition coefficient (Wildman–Crippen LogP) is 7.77. The lowest BCUT2D eigenvalue weighted by atomic mass is 9.25. The Labute approximate surface area is 353 Å². The maximum absolute atomic E-state index is 10.9. The highest BCUT2D eigenvalue weighted by molar-refractivity contribution is 7.22. The molecule has 12 nitrogen and oxygen atoms in total. The van der Waals surface area contributed by atoms with Crippen LogP contribution in [0.4, 0.5) is 10.9 Å². The Morgan fingerprint density at radius 2 is 1.81 bits per heavy atom. The highest BCUT2D eigenvalue weighted by atomic mass is 32.1. The van der Waals surface area contributed by atoms with Crippen molar-refractivity contribution in [1.29, 1.82) is 0 Å². The number of fused-ring (bicyclic) bond motifs is 2. The van der Waals surface area contributed by atoms with E-state index in [1.807, 2.05) is 55.1 Å². The van der Waals surface area contributed by atoms with E-state index in [2.05, 4.69) is 42.7 Å². The first kappa shape index (κ1) is 41.3. The number of anilines is 2. The summed E-state index contributed by atoms with van der Waals surface area (Å²) >= 11 is 1.55. The summed E-state index contributed by atoms with van der Waals surface area (Å²) in [5.74, 6) is 1.53. The number of aromatic nitrogens is 2. The average Bonchev–Trinajstić information content (AvgIpc) is 3.80. The number of allylic oxidation sites excluding steroid dienone is 3. The van der Waals surface area contributed by atoms with Crippen LogP contribution in [-0.4, -0.2) is 84.8 Å². The molecule has 1 spiro atoms. The molecule has 8 N–H and O–H groups in total. The van der Waals surface area contributed by atoms with E-state index < -0.39 is 0 Å². The molecule has 59 heavy (non-hydrogen) atoms. The second-order valence-electron chi connectivity index (χ2n) is 18.7. The van der Waals surface area contributed by atoms with Crippen LogP contribution in [-0.2, 0) is 9.47 Å². The number of aliphatic hydroxyl groups excluding tert-OH is 1. The fraction of sp³-hybridized carbons (Fsp3) is 0.543. The first-order valence-electron chi connectivity index (χ1n) is 21.1. The van der Waals surface area contributed by atoms with E-state index >= 15 is 0 Å². The molecule has 5 aliphatic rings. The molecule has 1 aromatic carbocycles. The minimum absolute atomic E-state index is 0.00362. The van der Waals surface area contributed by atoms with Gasteiger partial charge in [0.05, 0.1) is 22.4 Å². The smallest absolute Gasteiger partial charge is 0.189 e. The molecule has 0 amide bonds. The van der Waals surface area contributed by atoms with Crippen molar-refractivity contribution in [1.82, 2.24) is 14.9 Å². The lowest BCUT2D eigenvalue weighted by Crippen LogP contribution is -2.82. The Balaban J connectivity index is 0.976. The zero-order valence-corrected chi connectivity index (χ0v) is 36.6. The molecule has 1 aliphatic heterocycles. The van der Waals surface area contributed by atoms with Gasteiger partial charge in [-0.3, -0.25) is 4.99 Å². The maximum atomic E-state index is 10.9. The van der Waals surface area contributed by atoms with E-state index in [0.717, 1.165) is 109 Å². The fourth-order valence-electron chi connectivity index (χ4n) is 12.9. The van der Waals surface area contributed by atoms with Gasteiger partial charge in [0.15, 0.2) is 5.13 Å². The van der Waals surface area contributed by atoms with E-state index in [0.29, 0.717) is 35.3 Å². The number of likely N-dealkylation sites (N-methyl/N-ethyl adjacent to an activating group) is 1. The lowest BCUT2D eigenvalue weighted by Gasteiger charge is -2.82. The van der Waals surface area contributed by atoms with Gasteiger partial charge in [-0.2, -0.15) is 0 Å². The Kier molecular flexibility index (Phi) is 10.7. The van der Waals surface area contributed by atoms with Gasteiger partial charge in [-0.15, -0.1) is 0 Å². The number of thiazole rings is 1. The molecule has 2 bridgehead atoms. The molecule has 4 saturated carbocycles. The van der Waals surface area contributed by atoms with Crippen molar-refractivity contribution in [3.63, 3.8) is 0 Å². The normalized spacial score (nSPS) is 30.4. The number of pyridine rings is 1. The molecular formula is C46H63N9O3S. The minimum Gasteiger partial charge on any atom is -0.506 e. The molecule has 0 saturated heterocycles. The second-order valence-corrected chi connectivity index (χ2v) is 19.7. The molecule has 8 rings (SSSR count). The monoisotopic (exact) mass is 821 g/mol. The van der Waals surface area contributed by atoms with E-state index in [1.165, 1.54) is 12.8 Å². The van der Waals surface area contributed by atoms with Gasteiger partial charge >= 0.3 is 0 Å². The Morgan fingerprint density at radius 3 is 2.51 bits per heavy atom. The summed E-state index contributed by atoms with van der Waals surface area (Å²) < 4.78 is 13.2. The number of benzene rings is 1. The van der Waals surface area contributed by atoms with Crippen LogP contribution in [0.1, 0.15) is 90.3 Å². The molecule has 4 aliphatic carbocycles. The van der Waals surface area contributed by atoms with Crippen molar-refractivity contribution in [2.75, 3.05) is 63.8 Å². The van der Waals surface area contributed by atoms with E-state index in [-0.39, 0.29) is 33.0 Å². The van der Waals surface area contributed by atoms with Crippen LogP contribution < -0.4 is 27.4 Å². The largest absolute Gasteiger partial charge is 0.506 e. The van der Waals surface area contributed by atoms with E-state index in [4.69, 9.17) is 36.7 Å². The van der Waals surface area contributed by atoms with Crippen molar-refractivity contribution in [2.45, 2.75) is 84.7 Å². The lowest BCUT2D eigenvalue weighted by molar-refractivity contribution is -0.397. The first-order chi connectivity index (χ1) is 28.1. The second kappa shape index (κ2) is 15.2. The van der Waals surface area contributed by atoms with Gasteiger partial charge in [-0.1, -0.05) is 43.9 Å². The minimum atomic E-state index is -0.148. The zero-order chi connectivity index (χ0) is 42.0. The fourth-order valence-corrected chi connectivity index (χ4v) is 13.8. The van der Waals surface area contributed by atoms with Crippen LogP contribution in [0.3, 0.4) is 0 Å². The molecular weight excluding hydrogens is 759 g/mol. The van der Waals surface area contributed by atoms with Crippen molar-refractivity contribution in [3.8, 4) is 0 Å². The topological polar surface area (TPSA) is 173 Å². The third-order valence-electron chi connectivity index (χ3n) is 14.8. The predicted molar refractivity (Wildman–Crippen MR) is 241 cm³/mol. The quantitative estimate of drug-likeness (QED) is 0.0512. The van der Waals surface area contributed by atoms with Crippen molar-refractivity contribution >= 4 is 49.5 Å². The number of aliphatic hydroxyl groups is 1. The molecule has 2 atom stereocenters. The number of hydrogen-bond acceptors (Lipinski definition) is 13. The van der Waals surface area contributed by atoms with Gasteiger partial charge in [0, 0.05) is 68.4 Å². The first-order valence-corrected chi connectivity index (χ1v) is 21.9. The molecule has 2 aromatic heterocycles. The van der Waals surface area contributed by atoms with Crippen LogP contribution >= 0.6 is 11.3 Å². The highest BCUT2D eigenvalue weighted by Crippen LogP contribution is 2.95. The van der Waals surface area contributed by atoms with E-state index in [9.17, 15) is 5.11 Å². The van der Waals surface area contributed by atoms with Gasteiger partial charge < -0.3 is 46.9 Å². The molecule has 4 fully saturated rings. The number of hydrogen-bond donors (Lipinski definition) is 5. The molecule has 0 radical (unpaired) electrons. The van der Waals surface area contributed by atoms with Crippen LogP contribution in [0.2, 0.25) is 0 Å². The van der Waals surface area contributed by atoms with Gasteiger partial charge in [-0.25, -0.2) is 9.97 Å². The highest BCUT2D eigenvalue weighted by Gasteiger charge is 2.93. The number of methoxy groups -OCH3 is 1. The van der Waals surface area contributed by atoms with Gasteiger partial charge in [0.1, 0.15) is 28.9 Å².